The van der Waals surface area contributed by atoms with Gasteiger partial charge in [-0.25, -0.2) is 0 Å². The first kappa shape index (κ1) is 16.4. The van der Waals surface area contributed by atoms with Gasteiger partial charge >= 0.3 is 0 Å². The molecule has 3 heteroatoms. The Morgan fingerprint density at radius 1 is 0.952 bits per heavy atom. The number of hydrogen-bond acceptors (Lipinski definition) is 1. The Balaban J connectivity index is 2.32. The van der Waals surface area contributed by atoms with E-state index in [-0.39, 0.29) is 5.92 Å². The van der Waals surface area contributed by atoms with Crippen LogP contribution in [0.2, 0.25) is 10.0 Å². The lowest BCUT2D eigenvalue weighted by Crippen LogP contribution is -2.33. The Hall–Kier alpha value is -1.02. The summed E-state index contributed by atoms with van der Waals surface area (Å²) in [5, 5.41) is 12.2. The molecule has 0 saturated carbocycles. The van der Waals surface area contributed by atoms with Gasteiger partial charge in [0.25, 0.3) is 0 Å². The zero-order chi connectivity index (χ0) is 15.5. The van der Waals surface area contributed by atoms with Crippen molar-refractivity contribution in [3.05, 3.63) is 69.7 Å². The topological polar surface area (TPSA) is 20.2 Å². The fourth-order valence-electron chi connectivity index (χ4n) is 2.49. The van der Waals surface area contributed by atoms with Crippen LogP contribution in [0.1, 0.15) is 37.3 Å². The van der Waals surface area contributed by atoms with Crippen molar-refractivity contribution in [3.8, 4) is 0 Å². The molecule has 112 valence electrons. The number of rotatable bonds is 5. The smallest absolute Gasteiger partial charge is 0.0688 e. The third kappa shape index (κ3) is 4.23. The Labute approximate surface area is 136 Å². The molecule has 2 rings (SSSR count). The van der Waals surface area contributed by atoms with E-state index < -0.39 is 5.60 Å². The molecule has 0 saturated heterocycles. The largest absolute Gasteiger partial charge is 0.390 e. The van der Waals surface area contributed by atoms with Crippen molar-refractivity contribution >= 4 is 23.2 Å². The van der Waals surface area contributed by atoms with Crippen molar-refractivity contribution in [1.82, 2.24) is 0 Å². The van der Waals surface area contributed by atoms with Gasteiger partial charge in [0.2, 0.25) is 0 Å². The van der Waals surface area contributed by atoms with E-state index in [2.05, 4.69) is 0 Å². The minimum absolute atomic E-state index is 0.0148. The highest BCUT2D eigenvalue weighted by atomic mass is 35.5. The summed E-state index contributed by atoms with van der Waals surface area (Å²) in [6.45, 7) is 3.90. The van der Waals surface area contributed by atoms with Gasteiger partial charge < -0.3 is 5.11 Å². The van der Waals surface area contributed by atoms with Crippen molar-refractivity contribution in [2.45, 2.75) is 38.2 Å². The highest BCUT2D eigenvalue weighted by molar-refractivity contribution is 6.30. The van der Waals surface area contributed by atoms with Crippen LogP contribution in [0.3, 0.4) is 0 Å². The predicted octanol–water partition coefficient (Wildman–Crippen LogP) is 5.48. The van der Waals surface area contributed by atoms with E-state index in [0.29, 0.717) is 11.4 Å². The molecule has 1 nitrogen and oxygen atoms in total. The lowest BCUT2D eigenvalue weighted by Gasteiger charge is -2.33. The van der Waals surface area contributed by atoms with Crippen LogP contribution < -0.4 is 0 Å². The van der Waals surface area contributed by atoms with Crippen LogP contribution in [0.25, 0.3) is 0 Å². The summed E-state index contributed by atoms with van der Waals surface area (Å²) in [7, 11) is 0. The van der Waals surface area contributed by atoms with E-state index in [0.717, 1.165) is 22.6 Å². The van der Waals surface area contributed by atoms with Crippen molar-refractivity contribution in [1.29, 1.82) is 0 Å². The standard InChI is InChI=1S/C18H20Cl2O/c1-3-18(2,21)17(14-6-10-16(20)11-7-14)12-13-4-8-15(19)9-5-13/h4-11,17,21H,3,12H2,1-2H3. The van der Waals surface area contributed by atoms with Gasteiger partial charge in [0.15, 0.2) is 0 Å². The molecule has 0 spiro atoms. The molecular formula is C18H20Cl2O. The van der Waals surface area contributed by atoms with Gasteiger partial charge in [0, 0.05) is 16.0 Å². The van der Waals surface area contributed by atoms with Crippen molar-refractivity contribution < 1.29 is 5.11 Å². The van der Waals surface area contributed by atoms with Crippen LogP contribution in [0, 0.1) is 0 Å². The SMILES string of the molecule is CCC(C)(O)C(Cc1ccc(Cl)cc1)c1ccc(Cl)cc1. The quantitative estimate of drug-likeness (QED) is 0.772. The summed E-state index contributed by atoms with van der Waals surface area (Å²) in [5.74, 6) is 0.0148. The molecule has 21 heavy (non-hydrogen) atoms. The van der Waals surface area contributed by atoms with E-state index in [1.807, 2.05) is 62.4 Å². The molecule has 2 unspecified atom stereocenters. The lowest BCUT2D eigenvalue weighted by molar-refractivity contribution is 0.0264. The van der Waals surface area contributed by atoms with Gasteiger partial charge in [-0.1, -0.05) is 54.4 Å². The highest BCUT2D eigenvalue weighted by Gasteiger charge is 2.31. The Bertz CT molecular complexity index is 573. The summed E-state index contributed by atoms with van der Waals surface area (Å²) in [5.41, 5.74) is 1.49. The minimum atomic E-state index is -0.770. The third-order valence-corrected chi connectivity index (χ3v) is 4.60. The van der Waals surface area contributed by atoms with Crippen LogP contribution in [0.15, 0.2) is 48.5 Å². The molecule has 0 aliphatic heterocycles. The van der Waals surface area contributed by atoms with Crippen molar-refractivity contribution in [2.75, 3.05) is 0 Å². The second-order valence-corrected chi connectivity index (χ2v) is 6.52. The van der Waals surface area contributed by atoms with E-state index in [4.69, 9.17) is 23.2 Å². The van der Waals surface area contributed by atoms with E-state index in [9.17, 15) is 5.11 Å². The van der Waals surface area contributed by atoms with Crippen molar-refractivity contribution in [3.63, 3.8) is 0 Å². The number of halogens is 2. The summed E-state index contributed by atoms with van der Waals surface area (Å²) < 4.78 is 0. The molecule has 2 atom stereocenters. The molecule has 2 aromatic rings. The molecule has 0 aliphatic carbocycles. The molecule has 0 bridgehead atoms. The van der Waals surface area contributed by atoms with Gasteiger partial charge in [-0.3, -0.25) is 0 Å². The van der Waals surface area contributed by atoms with Crippen LogP contribution in [0.5, 0.6) is 0 Å². The number of benzene rings is 2. The maximum absolute atomic E-state index is 10.8. The lowest BCUT2D eigenvalue weighted by atomic mass is 9.78. The molecule has 0 heterocycles. The van der Waals surface area contributed by atoms with Gasteiger partial charge in [-0.15, -0.1) is 0 Å². The highest BCUT2D eigenvalue weighted by Crippen LogP contribution is 2.34. The second-order valence-electron chi connectivity index (χ2n) is 5.65. The maximum Gasteiger partial charge on any atom is 0.0688 e. The first-order valence-electron chi connectivity index (χ1n) is 7.14. The summed E-state index contributed by atoms with van der Waals surface area (Å²) in [4.78, 5) is 0. The number of aliphatic hydroxyl groups is 1. The average Bonchev–Trinajstić information content (AvgIpc) is 2.47. The first-order chi connectivity index (χ1) is 9.92. The fourth-order valence-corrected chi connectivity index (χ4v) is 2.75. The van der Waals surface area contributed by atoms with Crippen LogP contribution in [-0.4, -0.2) is 10.7 Å². The summed E-state index contributed by atoms with van der Waals surface area (Å²) in [6.07, 6.45) is 1.45. The van der Waals surface area contributed by atoms with Gasteiger partial charge in [0.05, 0.1) is 5.60 Å². The van der Waals surface area contributed by atoms with Crippen LogP contribution >= 0.6 is 23.2 Å². The molecule has 2 aromatic carbocycles. The van der Waals surface area contributed by atoms with Gasteiger partial charge in [-0.05, 0) is 55.2 Å². The molecule has 0 fully saturated rings. The molecule has 0 aliphatic rings. The average molecular weight is 323 g/mol. The Morgan fingerprint density at radius 3 is 1.90 bits per heavy atom. The normalized spacial score (nSPS) is 15.5. The molecule has 0 radical (unpaired) electrons. The van der Waals surface area contributed by atoms with E-state index in [1.165, 1.54) is 0 Å². The van der Waals surface area contributed by atoms with E-state index >= 15 is 0 Å². The number of hydrogen-bond donors (Lipinski definition) is 1. The summed E-state index contributed by atoms with van der Waals surface area (Å²) in [6, 6.07) is 15.5. The molecule has 0 amide bonds. The molecule has 1 N–H and O–H groups in total. The molecule has 0 aromatic heterocycles. The monoisotopic (exact) mass is 322 g/mol. The fraction of sp³-hybridized carbons (Fsp3) is 0.333. The first-order valence-corrected chi connectivity index (χ1v) is 7.90. The second kappa shape index (κ2) is 6.83. The minimum Gasteiger partial charge on any atom is -0.390 e. The van der Waals surface area contributed by atoms with Crippen molar-refractivity contribution in [2.24, 2.45) is 0 Å². The Kier molecular flexibility index (Phi) is 5.32. The zero-order valence-electron chi connectivity index (χ0n) is 12.3. The van der Waals surface area contributed by atoms with Gasteiger partial charge in [-0.2, -0.15) is 0 Å². The third-order valence-electron chi connectivity index (χ3n) is 4.09. The van der Waals surface area contributed by atoms with E-state index in [1.54, 1.807) is 0 Å². The van der Waals surface area contributed by atoms with Gasteiger partial charge in [0.1, 0.15) is 0 Å². The maximum atomic E-state index is 10.8. The Morgan fingerprint density at radius 2 is 1.43 bits per heavy atom. The zero-order valence-corrected chi connectivity index (χ0v) is 13.8. The van der Waals surface area contributed by atoms with Crippen LogP contribution in [0.4, 0.5) is 0 Å². The molecular weight excluding hydrogens is 303 g/mol. The van der Waals surface area contributed by atoms with Crippen LogP contribution in [-0.2, 0) is 6.42 Å². The predicted molar refractivity (Wildman–Crippen MR) is 90.3 cm³/mol. The summed E-state index contributed by atoms with van der Waals surface area (Å²) >= 11 is 11.9.